The molecule has 8 nitrogen and oxygen atoms in total. The van der Waals surface area contributed by atoms with Crippen LogP contribution in [0.15, 0.2) is 23.7 Å². The zero-order valence-electron chi connectivity index (χ0n) is 11.9. The summed E-state index contributed by atoms with van der Waals surface area (Å²) in [6.07, 6.45) is 0.166. The Morgan fingerprint density at radius 1 is 1.35 bits per heavy atom. The lowest BCUT2D eigenvalue weighted by Crippen LogP contribution is -2.28. The van der Waals surface area contributed by atoms with Crippen LogP contribution in [-0.4, -0.2) is 35.3 Å². The van der Waals surface area contributed by atoms with Crippen molar-refractivity contribution < 1.29 is 19.1 Å². The van der Waals surface area contributed by atoms with Gasteiger partial charge in [0, 0.05) is 24.7 Å². The smallest absolute Gasteiger partial charge is 0.231 e. The number of ether oxygens (including phenoxy) is 2. The molecule has 1 aromatic heterocycles. The van der Waals surface area contributed by atoms with Gasteiger partial charge in [0.05, 0.1) is 5.92 Å². The van der Waals surface area contributed by atoms with Crippen LogP contribution in [0.25, 0.3) is 0 Å². The molecule has 2 aliphatic rings. The summed E-state index contributed by atoms with van der Waals surface area (Å²) in [5.41, 5.74) is 2.24. The topological polar surface area (TPSA) is 93.7 Å². The molecule has 0 spiro atoms. The normalized spacial score (nSPS) is 19.2. The number of carbonyl (C=O) groups excluding carboxylic acids is 2. The molecular weight excluding hydrogens is 320 g/mol. The molecule has 2 aliphatic heterocycles. The van der Waals surface area contributed by atoms with E-state index in [1.165, 1.54) is 16.8 Å². The Morgan fingerprint density at radius 3 is 3.04 bits per heavy atom. The highest BCUT2D eigenvalue weighted by atomic mass is 32.1. The number of anilines is 2. The van der Waals surface area contributed by atoms with Crippen molar-refractivity contribution in [3.63, 3.8) is 0 Å². The zero-order chi connectivity index (χ0) is 15.8. The Bertz CT molecular complexity index is 764. The molecule has 0 bridgehead atoms. The fourth-order valence-electron chi connectivity index (χ4n) is 2.62. The van der Waals surface area contributed by atoms with Gasteiger partial charge in [0.15, 0.2) is 11.5 Å². The zero-order valence-corrected chi connectivity index (χ0v) is 12.7. The standard InChI is InChI=1S/C14H12N4O4S/c19-12-3-8(13(20)16-14-17-15-6-23-14)5-18(12)9-1-2-10-11(4-9)22-7-21-10/h1-2,4,6,8H,3,5,7H2,(H,16,17,20). The number of hydrogen-bond acceptors (Lipinski definition) is 7. The summed E-state index contributed by atoms with van der Waals surface area (Å²) in [6, 6.07) is 5.31. The lowest BCUT2D eigenvalue weighted by molar-refractivity contribution is -0.122. The van der Waals surface area contributed by atoms with Crippen molar-refractivity contribution in [3.8, 4) is 11.5 Å². The van der Waals surface area contributed by atoms with Gasteiger partial charge in [-0.2, -0.15) is 0 Å². The maximum absolute atomic E-state index is 12.2. The third-order valence-corrected chi connectivity index (χ3v) is 4.36. The van der Waals surface area contributed by atoms with Gasteiger partial charge in [-0.15, -0.1) is 10.2 Å². The molecule has 1 atom stereocenters. The molecule has 1 unspecified atom stereocenters. The van der Waals surface area contributed by atoms with Crippen LogP contribution in [-0.2, 0) is 9.59 Å². The molecule has 0 saturated carbocycles. The summed E-state index contributed by atoms with van der Waals surface area (Å²) in [4.78, 5) is 26.1. The average molecular weight is 332 g/mol. The van der Waals surface area contributed by atoms with Gasteiger partial charge in [0.25, 0.3) is 0 Å². The monoisotopic (exact) mass is 332 g/mol. The molecule has 9 heteroatoms. The molecule has 118 valence electrons. The van der Waals surface area contributed by atoms with Gasteiger partial charge in [-0.25, -0.2) is 0 Å². The highest BCUT2D eigenvalue weighted by molar-refractivity contribution is 7.13. The number of aromatic nitrogens is 2. The van der Waals surface area contributed by atoms with Gasteiger partial charge in [-0.05, 0) is 12.1 Å². The van der Waals surface area contributed by atoms with Crippen molar-refractivity contribution in [1.82, 2.24) is 10.2 Å². The van der Waals surface area contributed by atoms with E-state index < -0.39 is 5.92 Å². The van der Waals surface area contributed by atoms with Crippen LogP contribution in [0.4, 0.5) is 10.8 Å². The third kappa shape index (κ3) is 2.59. The van der Waals surface area contributed by atoms with Crippen LogP contribution >= 0.6 is 11.3 Å². The number of amides is 2. The second kappa shape index (κ2) is 5.51. The van der Waals surface area contributed by atoms with Crippen LogP contribution in [0.3, 0.4) is 0 Å². The molecule has 3 heterocycles. The van der Waals surface area contributed by atoms with E-state index in [2.05, 4.69) is 15.5 Å². The summed E-state index contributed by atoms with van der Waals surface area (Å²) < 4.78 is 10.6. The Balaban J connectivity index is 1.49. The van der Waals surface area contributed by atoms with Crippen molar-refractivity contribution >= 4 is 34.0 Å². The van der Waals surface area contributed by atoms with E-state index in [4.69, 9.17) is 9.47 Å². The molecule has 2 amide bonds. The number of hydrogen-bond donors (Lipinski definition) is 1. The fraction of sp³-hybridized carbons (Fsp3) is 0.286. The highest BCUT2D eigenvalue weighted by Gasteiger charge is 2.36. The van der Waals surface area contributed by atoms with Crippen molar-refractivity contribution in [2.75, 3.05) is 23.6 Å². The second-order valence-corrected chi connectivity index (χ2v) is 6.01. The van der Waals surface area contributed by atoms with Gasteiger partial charge in [0.2, 0.25) is 23.7 Å². The predicted octanol–water partition coefficient (Wildman–Crippen LogP) is 1.26. The number of fused-ring (bicyclic) bond motifs is 1. The largest absolute Gasteiger partial charge is 0.454 e. The Kier molecular flexibility index (Phi) is 3.34. The average Bonchev–Trinajstić information content (AvgIpc) is 3.26. The quantitative estimate of drug-likeness (QED) is 0.909. The minimum absolute atomic E-state index is 0.0960. The van der Waals surface area contributed by atoms with Gasteiger partial charge < -0.3 is 19.7 Å². The lowest BCUT2D eigenvalue weighted by atomic mass is 10.1. The molecule has 1 saturated heterocycles. The molecule has 1 N–H and O–H groups in total. The van der Waals surface area contributed by atoms with Crippen LogP contribution < -0.4 is 19.7 Å². The van der Waals surface area contributed by atoms with E-state index in [1.807, 2.05) is 0 Å². The second-order valence-electron chi connectivity index (χ2n) is 5.18. The number of carbonyl (C=O) groups is 2. The molecule has 0 aliphatic carbocycles. The predicted molar refractivity (Wildman–Crippen MR) is 81.6 cm³/mol. The van der Waals surface area contributed by atoms with Gasteiger partial charge in [0.1, 0.15) is 5.51 Å². The maximum atomic E-state index is 12.2. The van der Waals surface area contributed by atoms with Crippen LogP contribution in [0, 0.1) is 5.92 Å². The Morgan fingerprint density at radius 2 is 2.22 bits per heavy atom. The first-order valence-corrected chi connectivity index (χ1v) is 7.86. The van der Waals surface area contributed by atoms with Gasteiger partial charge in [-0.3, -0.25) is 9.59 Å². The van der Waals surface area contributed by atoms with Crippen molar-refractivity contribution in [3.05, 3.63) is 23.7 Å². The van der Waals surface area contributed by atoms with Crippen LogP contribution in [0.5, 0.6) is 11.5 Å². The number of benzene rings is 1. The van der Waals surface area contributed by atoms with Crippen molar-refractivity contribution in [2.45, 2.75) is 6.42 Å². The van der Waals surface area contributed by atoms with E-state index in [1.54, 1.807) is 23.1 Å². The summed E-state index contributed by atoms with van der Waals surface area (Å²) in [7, 11) is 0. The van der Waals surface area contributed by atoms with E-state index in [0.29, 0.717) is 28.9 Å². The van der Waals surface area contributed by atoms with Crippen LogP contribution in [0.1, 0.15) is 6.42 Å². The molecule has 1 aromatic carbocycles. The first kappa shape index (κ1) is 13.9. The van der Waals surface area contributed by atoms with E-state index in [9.17, 15) is 9.59 Å². The third-order valence-electron chi connectivity index (χ3n) is 3.75. The molecule has 23 heavy (non-hydrogen) atoms. The first-order chi connectivity index (χ1) is 11.2. The molecule has 2 aromatic rings. The number of rotatable bonds is 3. The molecule has 0 radical (unpaired) electrons. The van der Waals surface area contributed by atoms with E-state index in [0.717, 1.165) is 0 Å². The van der Waals surface area contributed by atoms with Gasteiger partial charge in [-0.1, -0.05) is 11.3 Å². The Hall–Kier alpha value is -2.68. The van der Waals surface area contributed by atoms with Crippen molar-refractivity contribution in [1.29, 1.82) is 0 Å². The summed E-state index contributed by atoms with van der Waals surface area (Å²) in [5, 5.41) is 10.5. The molecule has 4 rings (SSSR count). The lowest BCUT2D eigenvalue weighted by Gasteiger charge is -2.16. The summed E-state index contributed by atoms with van der Waals surface area (Å²) in [6.45, 7) is 0.503. The van der Waals surface area contributed by atoms with Crippen LogP contribution in [0.2, 0.25) is 0 Å². The summed E-state index contributed by atoms with van der Waals surface area (Å²) >= 11 is 1.24. The summed E-state index contributed by atoms with van der Waals surface area (Å²) in [5.74, 6) is 0.527. The van der Waals surface area contributed by atoms with Crippen molar-refractivity contribution in [2.24, 2.45) is 5.92 Å². The minimum Gasteiger partial charge on any atom is -0.454 e. The molecular formula is C14H12N4O4S. The minimum atomic E-state index is -0.420. The van der Waals surface area contributed by atoms with E-state index >= 15 is 0 Å². The number of nitrogens with zero attached hydrogens (tertiary/aromatic N) is 3. The number of nitrogens with one attached hydrogen (secondary N) is 1. The Labute approximate surface area is 135 Å². The fourth-order valence-corrected chi connectivity index (χ4v) is 3.07. The van der Waals surface area contributed by atoms with E-state index in [-0.39, 0.29) is 25.0 Å². The maximum Gasteiger partial charge on any atom is 0.231 e. The first-order valence-electron chi connectivity index (χ1n) is 6.98. The van der Waals surface area contributed by atoms with Gasteiger partial charge >= 0.3 is 0 Å². The highest BCUT2D eigenvalue weighted by Crippen LogP contribution is 2.37. The SMILES string of the molecule is O=C(Nc1nncs1)C1CC(=O)N(c2ccc3c(c2)OCO3)C1. The molecule has 1 fully saturated rings.